The maximum Gasteiger partial charge on any atom is 0.164 e. The van der Waals surface area contributed by atoms with Crippen molar-refractivity contribution in [3.8, 4) is 45.0 Å². The van der Waals surface area contributed by atoms with Gasteiger partial charge in [-0.1, -0.05) is 153 Å². The summed E-state index contributed by atoms with van der Waals surface area (Å²) < 4.78 is 6.49. The number of nitrogens with zero attached hydrogens (tertiary/aromatic N) is 3. The lowest BCUT2D eigenvalue weighted by atomic mass is 9.81. The molecule has 8 aromatic rings. The van der Waals surface area contributed by atoms with E-state index in [0.717, 1.165) is 67.0 Å². The van der Waals surface area contributed by atoms with Crippen LogP contribution in [0.1, 0.15) is 26.1 Å². The first-order chi connectivity index (χ1) is 26.0. The molecule has 254 valence electrons. The summed E-state index contributed by atoms with van der Waals surface area (Å²) in [5.74, 6) is 1.89. The molecule has 0 aliphatic heterocycles. The third-order valence-electron chi connectivity index (χ3n) is 10.1. The molecule has 4 heteroatoms. The van der Waals surface area contributed by atoms with E-state index in [9.17, 15) is 0 Å². The molecule has 0 radical (unpaired) electrons. The van der Waals surface area contributed by atoms with Gasteiger partial charge in [0.25, 0.3) is 0 Å². The summed E-state index contributed by atoms with van der Waals surface area (Å²) in [7, 11) is 0. The second-order valence-corrected chi connectivity index (χ2v) is 13.9. The first kappa shape index (κ1) is 32.3. The van der Waals surface area contributed by atoms with Crippen LogP contribution in [-0.4, -0.2) is 15.0 Å². The molecule has 0 saturated carbocycles. The van der Waals surface area contributed by atoms with Crippen molar-refractivity contribution < 1.29 is 4.42 Å². The Morgan fingerprint density at radius 2 is 1.26 bits per heavy atom. The zero-order valence-electron chi connectivity index (χ0n) is 29.7. The van der Waals surface area contributed by atoms with Gasteiger partial charge in [-0.2, -0.15) is 0 Å². The standard InChI is InChI=1S/C49H37N3O/c1-3-4-11-27-49(2)28-25-36(26-29-49)46-50-47(39-22-20-35-19-21-37(30-40(35)31-39)33-13-7-5-8-14-33)52-48(51-46)42-17-12-18-43-45(42)41-24-23-38(32-44(41)53-43)34-15-9-6-10-16-34/h3-28,30-32H,29H2,1-2H3/b4-3-,27-11-. The van der Waals surface area contributed by atoms with Crippen molar-refractivity contribution in [3.05, 3.63) is 182 Å². The number of rotatable bonds is 7. The summed E-state index contributed by atoms with van der Waals surface area (Å²) in [5, 5.41) is 4.31. The summed E-state index contributed by atoms with van der Waals surface area (Å²) in [6.45, 7) is 4.28. The highest BCUT2D eigenvalue weighted by Crippen LogP contribution is 2.39. The number of benzene rings is 6. The van der Waals surface area contributed by atoms with Crippen molar-refractivity contribution in [1.82, 2.24) is 15.0 Å². The fourth-order valence-corrected chi connectivity index (χ4v) is 7.19. The molecule has 0 N–H and O–H groups in total. The van der Waals surface area contributed by atoms with E-state index < -0.39 is 0 Å². The minimum absolute atomic E-state index is 0.0869. The van der Waals surface area contributed by atoms with Gasteiger partial charge in [0.1, 0.15) is 11.2 Å². The maximum absolute atomic E-state index is 6.49. The summed E-state index contributed by atoms with van der Waals surface area (Å²) >= 11 is 0. The third kappa shape index (κ3) is 6.30. The first-order valence-corrected chi connectivity index (χ1v) is 18.1. The average molecular weight is 684 g/mol. The molecular weight excluding hydrogens is 647 g/mol. The van der Waals surface area contributed by atoms with E-state index in [-0.39, 0.29) is 5.41 Å². The lowest BCUT2D eigenvalue weighted by Gasteiger charge is -2.24. The van der Waals surface area contributed by atoms with Gasteiger partial charge in [-0.25, -0.2) is 15.0 Å². The SMILES string of the molecule is C/C=C\C=C/C1(C)C=CC(c2nc(-c3ccc4ccc(-c5ccccc5)cc4c3)nc(-c3cccc4oc5cc(-c6ccccc6)ccc5c34)n2)=CC1. The molecule has 2 heterocycles. The van der Waals surface area contributed by atoms with E-state index in [1.54, 1.807) is 0 Å². The van der Waals surface area contributed by atoms with E-state index in [1.807, 2.05) is 37.3 Å². The quantitative estimate of drug-likeness (QED) is 0.157. The molecule has 2 aromatic heterocycles. The summed E-state index contributed by atoms with van der Waals surface area (Å²) in [5.41, 5.74) is 8.98. The Balaban J connectivity index is 1.19. The van der Waals surface area contributed by atoms with E-state index in [2.05, 4.69) is 153 Å². The molecule has 9 rings (SSSR count). The zero-order valence-corrected chi connectivity index (χ0v) is 29.7. The Bertz CT molecular complexity index is 2770. The van der Waals surface area contributed by atoms with Gasteiger partial charge < -0.3 is 4.42 Å². The predicted molar refractivity (Wildman–Crippen MR) is 220 cm³/mol. The van der Waals surface area contributed by atoms with Crippen LogP contribution in [-0.2, 0) is 0 Å². The highest BCUT2D eigenvalue weighted by atomic mass is 16.3. The van der Waals surface area contributed by atoms with Gasteiger partial charge in [-0.3, -0.25) is 0 Å². The fourth-order valence-electron chi connectivity index (χ4n) is 7.19. The molecule has 1 unspecified atom stereocenters. The Morgan fingerprint density at radius 1 is 0.585 bits per heavy atom. The van der Waals surface area contributed by atoms with E-state index in [4.69, 9.17) is 19.4 Å². The van der Waals surface area contributed by atoms with Crippen molar-refractivity contribution in [2.75, 3.05) is 0 Å². The van der Waals surface area contributed by atoms with Crippen LogP contribution in [0.2, 0.25) is 0 Å². The van der Waals surface area contributed by atoms with Gasteiger partial charge in [0.05, 0.1) is 0 Å². The first-order valence-electron chi connectivity index (χ1n) is 18.1. The maximum atomic E-state index is 6.49. The number of hydrogen-bond donors (Lipinski definition) is 0. The largest absolute Gasteiger partial charge is 0.456 e. The molecule has 53 heavy (non-hydrogen) atoms. The molecule has 4 nitrogen and oxygen atoms in total. The Labute approximate surface area is 309 Å². The molecule has 0 saturated heterocycles. The molecule has 0 bridgehead atoms. The highest BCUT2D eigenvalue weighted by Gasteiger charge is 2.23. The zero-order chi connectivity index (χ0) is 35.8. The Morgan fingerprint density at radius 3 is 2.00 bits per heavy atom. The molecule has 1 aliphatic carbocycles. The lowest BCUT2D eigenvalue weighted by Crippen LogP contribution is -2.12. The molecular formula is C49H37N3O. The van der Waals surface area contributed by atoms with Gasteiger partial charge in [0, 0.05) is 32.9 Å². The van der Waals surface area contributed by atoms with Crippen LogP contribution in [0.25, 0.3) is 83.3 Å². The van der Waals surface area contributed by atoms with Crippen molar-refractivity contribution in [2.45, 2.75) is 20.3 Å². The molecule has 0 fully saturated rings. The second-order valence-electron chi connectivity index (χ2n) is 13.9. The van der Waals surface area contributed by atoms with Gasteiger partial charge in [-0.05, 0) is 76.7 Å². The molecule has 1 aliphatic rings. The van der Waals surface area contributed by atoms with Gasteiger partial charge in [0.15, 0.2) is 17.5 Å². The van der Waals surface area contributed by atoms with Crippen LogP contribution in [0.15, 0.2) is 180 Å². The Hall–Kier alpha value is -6.65. The predicted octanol–water partition coefficient (Wildman–Crippen LogP) is 13.1. The minimum atomic E-state index is -0.0869. The summed E-state index contributed by atoms with van der Waals surface area (Å²) in [6.07, 6.45) is 16.0. The summed E-state index contributed by atoms with van der Waals surface area (Å²) in [4.78, 5) is 15.5. The number of allylic oxidation sites excluding steroid dienone is 8. The second kappa shape index (κ2) is 13.5. The third-order valence-corrected chi connectivity index (χ3v) is 10.1. The van der Waals surface area contributed by atoms with Crippen LogP contribution in [0.3, 0.4) is 0 Å². The summed E-state index contributed by atoms with van der Waals surface area (Å²) in [6, 6.07) is 46.5. The number of hydrogen-bond acceptors (Lipinski definition) is 4. The van der Waals surface area contributed by atoms with Crippen molar-refractivity contribution >= 4 is 38.3 Å². The van der Waals surface area contributed by atoms with Crippen molar-refractivity contribution in [1.29, 1.82) is 0 Å². The number of furan rings is 1. The number of fused-ring (bicyclic) bond motifs is 4. The van der Waals surface area contributed by atoms with Gasteiger partial charge in [0.2, 0.25) is 0 Å². The van der Waals surface area contributed by atoms with Crippen LogP contribution < -0.4 is 0 Å². The molecule has 0 amide bonds. The number of aromatic nitrogens is 3. The average Bonchev–Trinajstić information content (AvgIpc) is 3.59. The van der Waals surface area contributed by atoms with E-state index in [1.165, 1.54) is 11.1 Å². The van der Waals surface area contributed by atoms with Crippen LogP contribution in [0.4, 0.5) is 0 Å². The van der Waals surface area contributed by atoms with E-state index in [0.29, 0.717) is 17.5 Å². The fraction of sp³-hybridized carbons (Fsp3) is 0.0816. The van der Waals surface area contributed by atoms with Gasteiger partial charge >= 0.3 is 0 Å². The van der Waals surface area contributed by atoms with Gasteiger partial charge in [-0.15, -0.1) is 0 Å². The molecule has 0 spiro atoms. The van der Waals surface area contributed by atoms with Crippen molar-refractivity contribution in [2.24, 2.45) is 5.41 Å². The molecule has 1 atom stereocenters. The Kier molecular flexibility index (Phi) is 8.21. The van der Waals surface area contributed by atoms with Crippen LogP contribution >= 0.6 is 0 Å². The van der Waals surface area contributed by atoms with Crippen LogP contribution in [0, 0.1) is 5.41 Å². The topological polar surface area (TPSA) is 51.8 Å². The smallest absolute Gasteiger partial charge is 0.164 e. The monoisotopic (exact) mass is 683 g/mol. The highest BCUT2D eigenvalue weighted by molar-refractivity contribution is 6.12. The lowest BCUT2D eigenvalue weighted by molar-refractivity contribution is 0.558. The minimum Gasteiger partial charge on any atom is -0.456 e. The normalized spacial score (nSPS) is 16.0. The van der Waals surface area contributed by atoms with E-state index >= 15 is 0 Å². The molecule has 6 aromatic carbocycles. The van der Waals surface area contributed by atoms with Crippen molar-refractivity contribution in [3.63, 3.8) is 0 Å². The van der Waals surface area contributed by atoms with Crippen LogP contribution in [0.5, 0.6) is 0 Å².